The smallest absolute Gasteiger partial charge is 0.254 e. The molecule has 2 aliphatic rings. The Morgan fingerprint density at radius 1 is 1.44 bits per heavy atom. The first-order chi connectivity index (χ1) is 7.72. The number of ether oxygens (including phenoxy) is 1. The molecule has 3 heterocycles. The van der Waals surface area contributed by atoms with Crippen LogP contribution in [0.2, 0.25) is 0 Å². The molecule has 2 bridgehead atoms. The van der Waals surface area contributed by atoms with Gasteiger partial charge in [-0.15, -0.1) is 11.3 Å². The number of thiophene rings is 1. The third kappa shape index (κ3) is 2.00. The van der Waals surface area contributed by atoms with Gasteiger partial charge in [-0.3, -0.25) is 4.79 Å². The molecule has 3 nitrogen and oxygen atoms in total. The molecular formula is C11H12INO2S. The number of halogens is 1. The lowest BCUT2D eigenvalue weighted by Crippen LogP contribution is -2.45. The molecule has 0 spiro atoms. The summed E-state index contributed by atoms with van der Waals surface area (Å²) in [6.45, 7) is 1.53. The quantitative estimate of drug-likeness (QED) is 0.729. The molecule has 0 radical (unpaired) electrons. The minimum Gasteiger partial charge on any atom is -0.371 e. The van der Waals surface area contributed by atoms with Gasteiger partial charge in [-0.2, -0.15) is 0 Å². The van der Waals surface area contributed by atoms with E-state index in [1.807, 2.05) is 16.3 Å². The van der Waals surface area contributed by atoms with E-state index < -0.39 is 0 Å². The van der Waals surface area contributed by atoms with E-state index in [0.717, 1.165) is 34.4 Å². The predicted molar refractivity (Wildman–Crippen MR) is 70.8 cm³/mol. The lowest BCUT2D eigenvalue weighted by molar-refractivity contribution is -0.0303. The van der Waals surface area contributed by atoms with Crippen molar-refractivity contribution >= 4 is 39.8 Å². The minimum atomic E-state index is 0.166. The van der Waals surface area contributed by atoms with Crippen molar-refractivity contribution in [3.05, 3.63) is 19.9 Å². The Morgan fingerprint density at radius 2 is 2.12 bits per heavy atom. The summed E-state index contributed by atoms with van der Waals surface area (Å²) < 4.78 is 6.89. The van der Waals surface area contributed by atoms with Crippen LogP contribution in [0.25, 0.3) is 0 Å². The van der Waals surface area contributed by atoms with Gasteiger partial charge in [0.05, 0.1) is 20.7 Å². The molecule has 16 heavy (non-hydrogen) atoms. The Labute approximate surface area is 112 Å². The fourth-order valence-corrected chi connectivity index (χ4v) is 3.71. The van der Waals surface area contributed by atoms with Crippen molar-refractivity contribution in [2.75, 3.05) is 13.1 Å². The zero-order chi connectivity index (χ0) is 11.1. The molecule has 2 saturated heterocycles. The molecule has 1 aromatic heterocycles. The topological polar surface area (TPSA) is 29.5 Å². The molecule has 5 heteroatoms. The second-order valence-electron chi connectivity index (χ2n) is 4.31. The number of hydrogen-bond donors (Lipinski definition) is 0. The molecule has 0 aliphatic carbocycles. The lowest BCUT2D eigenvalue weighted by atomic mass is 10.2. The van der Waals surface area contributed by atoms with Gasteiger partial charge < -0.3 is 9.64 Å². The number of carbonyl (C=O) groups excluding carboxylic acids is 1. The Morgan fingerprint density at radius 3 is 2.69 bits per heavy atom. The van der Waals surface area contributed by atoms with Crippen LogP contribution in [0.1, 0.15) is 23.2 Å². The van der Waals surface area contributed by atoms with Gasteiger partial charge in [-0.25, -0.2) is 0 Å². The van der Waals surface area contributed by atoms with Crippen molar-refractivity contribution in [3.63, 3.8) is 0 Å². The number of fused-ring (bicyclic) bond motifs is 2. The van der Waals surface area contributed by atoms with Gasteiger partial charge >= 0.3 is 0 Å². The second-order valence-corrected chi connectivity index (χ2v) is 7.11. The third-order valence-electron chi connectivity index (χ3n) is 3.15. The summed E-state index contributed by atoms with van der Waals surface area (Å²) in [6.07, 6.45) is 2.77. The summed E-state index contributed by atoms with van der Waals surface area (Å²) >= 11 is 3.87. The normalized spacial score (nSPS) is 28.4. The van der Waals surface area contributed by atoms with Gasteiger partial charge in [0.15, 0.2) is 0 Å². The first kappa shape index (κ1) is 11.0. The van der Waals surface area contributed by atoms with Gasteiger partial charge in [0.2, 0.25) is 0 Å². The largest absolute Gasteiger partial charge is 0.371 e. The maximum Gasteiger partial charge on any atom is 0.254 e. The van der Waals surface area contributed by atoms with Crippen molar-refractivity contribution in [2.24, 2.45) is 0 Å². The first-order valence-electron chi connectivity index (χ1n) is 5.41. The molecule has 2 fully saturated rings. The van der Waals surface area contributed by atoms with Crippen molar-refractivity contribution in [3.8, 4) is 0 Å². The number of carbonyl (C=O) groups is 1. The van der Waals surface area contributed by atoms with Crippen molar-refractivity contribution in [1.29, 1.82) is 0 Å². The monoisotopic (exact) mass is 349 g/mol. The van der Waals surface area contributed by atoms with Crippen molar-refractivity contribution in [2.45, 2.75) is 25.0 Å². The van der Waals surface area contributed by atoms with Gasteiger partial charge in [-0.05, 0) is 41.5 Å². The zero-order valence-electron chi connectivity index (χ0n) is 8.69. The Hall–Kier alpha value is -0.140. The molecule has 2 aliphatic heterocycles. The van der Waals surface area contributed by atoms with Crippen LogP contribution in [0.15, 0.2) is 11.4 Å². The minimum absolute atomic E-state index is 0.166. The van der Waals surface area contributed by atoms with Crippen LogP contribution in [0.3, 0.4) is 0 Å². The van der Waals surface area contributed by atoms with E-state index in [-0.39, 0.29) is 18.1 Å². The number of hydrogen-bond acceptors (Lipinski definition) is 3. The number of rotatable bonds is 1. The van der Waals surface area contributed by atoms with Gasteiger partial charge in [-0.1, -0.05) is 0 Å². The van der Waals surface area contributed by atoms with Gasteiger partial charge in [0, 0.05) is 18.5 Å². The van der Waals surface area contributed by atoms with Crippen molar-refractivity contribution < 1.29 is 9.53 Å². The summed E-state index contributed by atoms with van der Waals surface area (Å²) in [6, 6.07) is 1.96. The van der Waals surface area contributed by atoms with E-state index in [1.54, 1.807) is 11.3 Å². The highest BCUT2D eigenvalue weighted by Gasteiger charge is 2.36. The number of nitrogens with zero attached hydrogens (tertiary/aromatic N) is 1. The predicted octanol–water partition coefficient (Wildman–Crippen LogP) is 2.36. The fourth-order valence-electron chi connectivity index (χ4n) is 2.39. The molecule has 2 atom stereocenters. The molecule has 0 aromatic carbocycles. The number of likely N-dealkylation sites (tertiary alicyclic amines) is 1. The van der Waals surface area contributed by atoms with Crippen LogP contribution in [-0.4, -0.2) is 36.1 Å². The summed E-state index contributed by atoms with van der Waals surface area (Å²) in [7, 11) is 0. The van der Waals surface area contributed by atoms with E-state index in [4.69, 9.17) is 4.74 Å². The second kappa shape index (κ2) is 4.27. The van der Waals surface area contributed by atoms with Crippen molar-refractivity contribution in [1.82, 2.24) is 4.90 Å². The summed E-state index contributed by atoms with van der Waals surface area (Å²) in [5, 5.41) is 1.95. The van der Waals surface area contributed by atoms with E-state index in [9.17, 15) is 4.79 Å². The molecule has 0 saturated carbocycles. The van der Waals surface area contributed by atoms with E-state index in [0.29, 0.717) is 0 Å². The molecule has 86 valence electrons. The highest BCUT2D eigenvalue weighted by Crippen LogP contribution is 2.28. The zero-order valence-corrected chi connectivity index (χ0v) is 11.7. The molecular weight excluding hydrogens is 337 g/mol. The molecule has 3 rings (SSSR count). The Kier molecular flexibility index (Phi) is 2.93. The van der Waals surface area contributed by atoms with E-state index in [2.05, 4.69) is 22.6 Å². The van der Waals surface area contributed by atoms with E-state index in [1.165, 1.54) is 0 Å². The Bertz CT molecular complexity index is 408. The molecule has 1 amide bonds. The lowest BCUT2D eigenvalue weighted by Gasteiger charge is -2.31. The van der Waals surface area contributed by atoms with Gasteiger partial charge in [0.25, 0.3) is 5.91 Å². The summed E-state index contributed by atoms with van der Waals surface area (Å²) in [5.41, 5.74) is 0.829. The average Bonchev–Trinajstić information content (AvgIpc) is 2.84. The third-order valence-corrected chi connectivity index (χ3v) is 4.93. The average molecular weight is 349 g/mol. The van der Waals surface area contributed by atoms with Crippen LogP contribution < -0.4 is 0 Å². The maximum absolute atomic E-state index is 12.2. The summed E-state index contributed by atoms with van der Waals surface area (Å²) in [4.78, 5) is 14.2. The molecule has 2 unspecified atom stereocenters. The SMILES string of the molecule is O=C(c1csc(I)c1)N1CC2CCC(C1)O2. The van der Waals surface area contributed by atoms with Crippen LogP contribution in [0.4, 0.5) is 0 Å². The molecule has 1 aromatic rings. The van der Waals surface area contributed by atoms with Crippen LogP contribution in [-0.2, 0) is 4.74 Å². The van der Waals surface area contributed by atoms with Gasteiger partial charge in [0.1, 0.15) is 0 Å². The van der Waals surface area contributed by atoms with E-state index >= 15 is 0 Å². The molecule has 0 N–H and O–H groups in total. The van der Waals surface area contributed by atoms with Crippen LogP contribution in [0.5, 0.6) is 0 Å². The first-order valence-corrected chi connectivity index (χ1v) is 7.37. The van der Waals surface area contributed by atoms with Crippen LogP contribution in [0, 0.1) is 2.88 Å². The fraction of sp³-hybridized carbons (Fsp3) is 0.545. The maximum atomic E-state index is 12.2. The van der Waals surface area contributed by atoms with Crippen LogP contribution >= 0.6 is 33.9 Å². The highest BCUT2D eigenvalue weighted by atomic mass is 127. The number of morpholine rings is 1. The number of amides is 1. The Balaban J connectivity index is 1.76. The highest BCUT2D eigenvalue weighted by molar-refractivity contribution is 14.1. The summed E-state index contributed by atoms with van der Waals surface area (Å²) in [5.74, 6) is 0.166. The standard InChI is InChI=1S/C11H12INO2S/c12-10-3-7(6-16-10)11(14)13-4-8-1-2-9(5-13)15-8/h3,6,8-9H,1-2,4-5H2.